The zero-order chi connectivity index (χ0) is 46.4. The van der Waals surface area contributed by atoms with Gasteiger partial charge < -0.3 is 9.13 Å². The molecule has 0 aliphatic heterocycles. The van der Waals surface area contributed by atoms with E-state index in [1.54, 1.807) is 111 Å². The highest BCUT2D eigenvalue weighted by molar-refractivity contribution is 6.13. The number of benzene rings is 8. The molecular formula is C54H32F9N3. The lowest BCUT2D eigenvalue weighted by Crippen LogP contribution is -2.12. The fraction of sp³-hybridized carbons (Fsp3) is 0.0926. The quantitative estimate of drug-likeness (QED) is 0.159. The van der Waals surface area contributed by atoms with Gasteiger partial charge in [0.25, 0.3) is 0 Å². The molecule has 0 bridgehead atoms. The topological polar surface area (TPSA) is 33.6 Å². The normalized spacial score (nSPS) is 12.5. The third kappa shape index (κ3) is 7.12. The molecule has 0 aliphatic rings. The maximum atomic E-state index is 15.6. The molecule has 2 aromatic heterocycles. The zero-order valence-electron chi connectivity index (χ0n) is 34.8. The van der Waals surface area contributed by atoms with Crippen molar-refractivity contribution in [3.63, 3.8) is 0 Å². The van der Waals surface area contributed by atoms with E-state index in [2.05, 4.69) is 6.07 Å². The summed E-state index contributed by atoms with van der Waals surface area (Å²) in [5.41, 5.74) is 2.61. The molecule has 326 valence electrons. The molecular weight excluding hydrogens is 862 g/mol. The monoisotopic (exact) mass is 893 g/mol. The summed E-state index contributed by atoms with van der Waals surface area (Å²) in [6.07, 6.45) is -14.1. The van der Waals surface area contributed by atoms with Crippen molar-refractivity contribution < 1.29 is 39.5 Å². The van der Waals surface area contributed by atoms with Crippen LogP contribution in [0.25, 0.3) is 88.4 Å². The highest BCUT2D eigenvalue weighted by Gasteiger charge is 2.37. The predicted octanol–water partition coefficient (Wildman–Crippen LogP) is 16.4. The van der Waals surface area contributed by atoms with Crippen molar-refractivity contribution in [2.75, 3.05) is 0 Å². The molecule has 0 saturated heterocycles. The molecule has 0 atom stereocenters. The van der Waals surface area contributed by atoms with Crippen LogP contribution in [0.1, 0.15) is 33.4 Å². The number of alkyl halides is 9. The lowest BCUT2D eigenvalue weighted by Gasteiger charge is -2.22. The molecule has 0 aliphatic carbocycles. The second kappa shape index (κ2) is 15.2. The molecule has 10 rings (SSSR count). The van der Waals surface area contributed by atoms with Gasteiger partial charge in [0.05, 0.1) is 61.8 Å². The predicted molar refractivity (Wildman–Crippen MR) is 241 cm³/mol. The van der Waals surface area contributed by atoms with Crippen LogP contribution >= 0.6 is 0 Å². The molecule has 0 radical (unpaired) electrons. The molecule has 0 saturated carbocycles. The lowest BCUT2D eigenvalue weighted by atomic mass is 9.95. The fourth-order valence-corrected chi connectivity index (χ4v) is 9.28. The average molecular weight is 894 g/mol. The van der Waals surface area contributed by atoms with Gasteiger partial charge in [-0.15, -0.1) is 0 Å². The lowest BCUT2D eigenvalue weighted by molar-refractivity contribution is -0.138. The third-order valence-corrected chi connectivity index (χ3v) is 12.0. The first kappa shape index (κ1) is 42.2. The van der Waals surface area contributed by atoms with Gasteiger partial charge >= 0.3 is 18.5 Å². The van der Waals surface area contributed by atoms with Gasteiger partial charge in [-0.1, -0.05) is 72.8 Å². The van der Waals surface area contributed by atoms with Gasteiger partial charge in [-0.2, -0.15) is 44.8 Å². The maximum absolute atomic E-state index is 15.6. The van der Waals surface area contributed by atoms with E-state index in [4.69, 9.17) is 0 Å². The Kier molecular flexibility index (Phi) is 9.69. The van der Waals surface area contributed by atoms with Crippen molar-refractivity contribution in [3.05, 3.63) is 191 Å². The number of fused-ring (bicyclic) bond motifs is 6. The van der Waals surface area contributed by atoms with E-state index >= 15 is 13.2 Å². The number of aromatic nitrogens is 2. The Morgan fingerprint density at radius 2 is 0.909 bits per heavy atom. The zero-order valence-corrected chi connectivity index (χ0v) is 34.8. The number of nitrogens with zero attached hydrogens (tertiary/aromatic N) is 3. The highest BCUT2D eigenvalue weighted by atomic mass is 19.4. The van der Waals surface area contributed by atoms with E-state index < -0.39 is 35.2 Å². The van der Waals surface area contributed by atoms with Crippen molar-refractivity contribution in [2.24, 2.45) is 0 Å². The molecule has 8 aromatic carbocycles. The van der Waals surface area contributed by atoms with E-state index in [9.17, 15) is 31.6 Å². The smallest absolute Gasteiger partial charge is 0.309 e. The first-order chi connectivity index (χ1) is 31.4. The number of para-hydroxylation sites is 3. The molecule has 3 nitrogen and oxygen atoms in total. The number of hydrogen-bond acceptors (Lipinski definition) is 1. The van der Waals surface area contributed by atoms with Crippen molar-refractivity contribution in [2.45, 2.75) is 32.4 Å². The SMILES string of the molecule is Cc1cc(-c2ccc3c(c2)c2ccccc2n3-c2ccc(C#N)cc2-c2cccc(C(F)(F)F)c2-n2c3ccccc3c3cc(-c4cc(C)cc(C(F)(F)F)c4)ccc32)cc(C(F)(F)F)c1. The van der Waals surface area contributed by atoms with Crippen molar-refractivity contribution in [3.8, 4) is 50.8 Å². The summed E-state index contributed by atoms with van der Waals surface area (Å²) in [7, 11) is 0. The van der Waals surface area contributed by atoms with Gasteiger partial charge in [-0.25, -0.2) is 0 Å². The molecule has 2 heterocycles. The van der Waals surface area contributed by atoms with Crippen molar-refractivity contribution >= 4 is 43.6 Å². The summed E-state index contributed by atoms with van der Waals surface area (Å²) in [5, 5.41) is 12.7. The van der Waals surface area contributed by atoms with Crippen LogP contribution in [0.5, 0.6) is 0 Å². The average Bonchev–Trinajstić information content (AvgIpc) is 3.79. The molecule has 0 spiro atoms. The van der Waals surface area contributed by atoms with Gasteiger partial charge in [-0.3, -0.25) is 0 Å². The van der Waals surface area contributed by atoms with Crippen LogP contribution in [-0.2, 0) is 18.5 Å². The van der Waals surface area contributed by atoms with E-state index in [1.165, 1.54) is 16.7 Å². The van der Waals surface area contributed by atoms with Crippen LogP contribution in [0.4, 0.5) is 39.5 Å². The molecule has 66 heavy (non-hydrogen) atoms. The maximum Gasteiger partial charge on any atom is 0.418 e. The Hall–Kier alpha value is -7.78. The Morgan fingerprint density at radius 3 is 1.42 bits per heavy atom. The van der Waals surface area contributed by atoms with Crippen LogP contribution in [0, 0.1) is 25.2 Å². The standard InChI is InChI=1S/C54H32F9N3/c1-30-20-35(25-37(22-30)52(55,56)57)33-15-18-49-43(27-33)39-8-3-5-12-46(39)65(49)48-17-14-32(29-64)24-42(48)41-10-7-11-45(54(61,62)63)51(41)66-47-13-6-4-9-40(47)44-28-34(16-19-50(44)66)36-21-31(2)23-38(26-36)53(58,59)60/h3-28H,1-2H3. The van der Waals surface area contributed by atoms with Gasteiger partial charge in [0, 0.05) is 32.7 Å². The van der Waals surface area contributed by atoms with Gasteiger partial charge in [0.2, 0.25) is 0 Å². The number of hydrogen-bond donors (Lipinski definition) is 0. The molecule has 0 amide bonds. The molecule has 0 fully saturated rings. The third-order valence-electron chi connectivity index (χ3n) is 12.0. The van der Waals surface area contributed by atoms with Crippen LogP contribution in [0.3, 0.4) is 0 Å². The van der Waals surface area contributed by atoms with Gasteiger partial charge in [0.15, 0.2) is 0 Å². The van der Waals surface area contributed by atoms with E-state index in [0.29, 0.717) is 77.3 Å². The summed E-state index contributed by atoms with van der Waals surface area (Å²) in [6.45, 7) is 3.15. The summed E-state index contributed by atoms with van der Waals surface area (Å²) in [4.78, 5) is 0. The summed E-state index contributed by atoms with van der Waals surface area (Å²) < 4.78 is 134. The number of aryl methyl sites for hydroxylation is 2. The Bertz CT molecular complexity index is 3650. The van der Waals surface area contributed by atoms with E-state index in [0.717, 1.165) is 35.7 Å². The van der Waals surface area contributed by atoms with Crippen LogP contribution in [-0.4, -0.2) is 9.13 Å². The van der Waals surface area contributed by atoms with Crippen LogP contribution in [0.2, 0.25) is 0 Å². The van der Waals surface area contributed by atoms with Crippen LogP contribution < -0.4 is 0 Å². The summed E-state index contributed by atoms with van der Waals surface area (Å²) in [6, 6.07) is 42.7. The minimum Gasteiger partial charge on any atom is -0.309 e. The van der Waals surface area contributed by atoms with Crippen LogP contribution in [0.15, 0.2) is 158 Å². The van der Waals surface area contributed by atoms with Gasteiger partial charge in [-0.05, 0) is 132 Å². The number of halogens is 9. The first-order valence-electron chi connectivity index (χ1n) is 20.6. The summed E-state index contributed by atoms with van der Waals surface area (Å²) in [5.74, 6) is 0. The minimum atomic E-state index is -4.89. The Balaban J connectivity index is 1.24. The molecule has 0 N–H and O–H groups in total. The largest absolute Gasteiger partial charge is 0.418 e. The second-order valence-electron chi connectivity index (χ2n) is 16.4. The highest BCUT2D eigenvalue weighted by Crippen LogP contribution is 2.47. The summed E-state index contributed by atoms with van der Waals surface area (Å²) >= 11 is 0. The molecule has 12 heteroatoms. The van der Waals surface area contributed by atoms with E-state index in [1.807, 2.05) is 22.8 Å². The fourth-order valence-electron chi connectivity index (χ4n) is 9.28. The number of nitriles is 1. The van der Waals surface area contributed by atoms with Crippen molar-refractivity contribution in [1.29, 1.82) is 5.26 Å². The van der Waals surface area contributed by atoms with Gasteiger partial charge in [0.1, 0.15) is 0 Å². The second-order valence-corrected chi connectivity index (χ2v) is 16.4. The van der Waals surface area contributed by atoms with Crippen molar-refractivity contribution in [1.82, 2.24) is 9.13 Å². The molecule has 10 aromatic rings. The first-order valence-corrected chi connectivity index (χ1v) is 20.6. The Labute approximate surface area is 370 Å². The number of rotatable bonds is 5. The minimum absolute atomic E-state index is 0.124. The Morgan fingerprint density at radius 1 is 0.409 bits per heavy atom. The van der Waals surface area contributed by atoms with E-state index in [-0.39, 0.29) is 22.4 Å². The molecule has 0 unspecified atom stereocenters.